The van der Waals surface area contributed by atoms with Crippen LogP contribution in [0.4, 0.5) is 16.2 Å². The normalized spacial score (nSPS) is 16.6. The molecule has 2 heterocycles. The van der Waals surface area contributed by atoms with Crippen LogP contribution in [-0.4, -0.2) is 35.8 Å². The summed E-state index contributed by atoms with van der Waals surface area (Å²) in [4.78, 5) is 28.8. The summed E-state index contributed by atoms with van der Waals surface area (Å²) in [5.41, 5.74) is 2.27. The van der Waals surface area contributed by atoms with Gasteiger partial charge in [-0.05, 0) is 18.2 Å². The molecule has 0 unspecified atom stereocenters. The van der Waals surface area contributed by atoms with E-state index in [2.05, 4.69) is 15.6 Å². The molecule has 92 valence electrons. The summed E-state index contributed by atoms with van der Waals surface area (Å²) >= 11 is 0. The van der Waals surface area contributed by atoms with Gasteiger partial charge in [0, 0.05) is 24.7 Å². The number of benzene rings is 1. The Balaban J connectivity index is 2.05. The minimum Gasteiger partial charge on any atom is -0.326 e. The number of amides is 3. The highest BCUT2D eigenvalue weighted by atomic mass is 16.2. The van der Waals surface area contributed by atoms with Crippen molar-refractivity contribution >= 4 is 29.1 Å². The van der Waals surface area contributed by atoms with Crippen LogP contribution < -0.4 is 10.6 Å². The molecule has 0 aliphatic carbocycles. The summed E-state index contributed by atoms with van der Waals surface area (Å²) in [5.74, 6) is 0.556. The van der Waals surface area contributed by atoms with Crippen molar-refractivity contribution in [1.29, 1.82) is 0 Å². The lowest BCUT2D eigenvalue weighted by Crippen LogP contribution is -2.42. The number of rotatable bonds is 1. The Morgan fingerprint density at radius 2 is 2.33 bits per heavy atom. The summed E-state index contributed by atoms with van der Waals surface area (Å²) in [6.45, 7) is 2.68. The first kappa shape index (κ1) is 10.8. The van der Waals surface area contributed by atoms with Gasteiger partial charge < -0.3 is 10.6 Å². The average molecular weight is 244 g/mol. The molecule has 6 heteroatoms. The maximum absolute atomic E-state index is 11.8. The number of anilines is 2. The van der Waals surface area contributed by atoms with Gasteiger partial charge in [-0.15, -0.1) is 0 Å². The SMILES string of the molecule is CC(=O)Nc1ccc2c(c1)C1=NCCN1C(=O)N2. The van der Waals surface area contributed by atoms with E-state index in [0.717, 1.165) is 11.3 Å². The van der Waals surface area contributed by atoms with Crippen molar-refractivity contribution < 1.29 is 9.59 Å². The van der Waals surface area contributed by atoms with Crippen molar-refractivity contribution in [2.24, 2.45) is 4.99 Å². The Hall–Kier alpha value is -2.37. The van der Waals surface area contributed by atoms with Crippen LogP contribution in [0, 0.1) is 0 Å². The summed E-state index contributed by atoms with van der Waals surface area (Å²) in [6.07, 6.45) is 0. The molecule has 0 aromatic heterocycles. The summed E-state index contributed by atoms with van der Waals surface area (Å²) in [5, 5.41) is 5.53. The lowest BCUT2D eigenvalue weighted by atomic mass is 10.1. The van der Waals surface area contributed by atoms with Crippen LogP contribution in [0.2, 0.25) is 0 Å². The molecule has 1 aromatic rings. The second-order valence-electron chi connectivity index (χ2n) is 4.23. The lowest BCUT2D eigenvalue weighted by molar-refractivity contribution is -0.114. The first-order chi connectivity index (χ1) is 8.65. The van der Waals surface area contributed by atoms with E-state index in [1.54, 1.807) is 17.0 Å². The Morgan fingerprint density at radius 3 is 3.11 bits per heavy atom. The van der Waals surface area contributed by atoms with Gasteiger partial charge in [0.15, 0.2) is 0 Å². The number of urea groups is 1. The second-order valence-corrected chi connectivity index (χ2v) is 4.23. The fraction of sp³-hybridized carbons (Fsp3) is 0.250. The van der Waals surface area contributed by atoms with E-state index in [9.17, 15) is 9.59 Å². The number of aliphatic imine (C=N–C) groups is 1. The highest BCUT2D eigenvalue weighted by molar-refractivity contribution is 6.19. The van der Waals surface area contributed by atoms with Crippen molar-refractivity contribution in [2.45, 2.75) is 6.92 Å². The van der Waals surface area contributed by atoms with E-state index in [4.69, 9.17) is 0 Å². The highest BCUT2D eigenvalue weighted by Crippen LogP contribution is 2.28. The summed E-state index contributed by atoms with van der Waals surface area (Å²) < 4.78 is 0. The van der Waals surface area contributed by atoms with Gasteiger partial charge in [0.2, 0.25) is 5.91 Å². The molecular formula is C12H12N4O2. The highest BCUT2D eigenvalue weighted by Gasteiger charge is 2.31. The predicted molar refractivity (Wildman–Crippen MR) is 67.9 cm³/mol. The first-order valence-electron chi connectivity index (χ1n) is 5.70. The van der Waals surface area contributed by atoms with E-state index < -0.39 is 0 Å². The number of fused-ring (bicyclic) bond motifs is 3. The Bertz CT molecular complexity index is 579. The van der Waals surface area contributed by atoms with Crippen LogP contribution in [0.3, 0.4) is 0 Å². The minimum absolute atomic E-state index is 0.125. The zero-order valence-corrected chi connectivity index (χ0v) is 9.86. The van der Waals surface area contributed by atoms with Gasteiger partial charge in [-0.1, -0.05) is 0 Å². The largest absolute Gasteiger partial charge is 0.327 e. The van der Waals surface area contributed by atoms with E-state index >= 15 is 0 Å². The molecule has 3 amide bonds. The molecule has 18 heavy (non-hydrogen) atoms. The van der Waals surface area contributed by atoms with Crippen LogP contribution in [0.1, 0.15) is 12.5 Å². The Labute approximate surface area is 104 Å². The summed E-state index contributed by atoms with van der Waals surface area (Å²) in [7, 11) is 0. The van der Waals surface area contributed by atoms with Gasteiger partial charge in [-0.25, -0.2) is 4.79 Å². The molecule has 0 fully saturated rings. The number of nitrogens with one attached hydrogen (secondary N) is 2. The zero-order valence-electron chi connectivity index (χ0n) is 9.86. The number of hydrogen-bond acceptors (Lipinski definition) is 3. The predicted octanol–water partition coefficient (Wildman–Crippen LogP) is 1.25. The van der Waals surface area contributed by atoms with Gasteiger partial charge in [0.25, 0.3) is 0 Å². The lowest BCUT2D eigenvalue weighted by Gasteiger charge is -2.26. The van der Waals surface area contributed by atoms with Crippen molar-refractivity contribution in [2.75, 3.05) is 23.7 Å². The van der Waals surface area contributed by atoms with E-state index in [-0.39, 0.29) is 11.9 Å². The Kier molecular flexibility index (Phi) is 2.29. The zero-order chi connectivity index (χ0) is 12.7. The van der Waals surface area contributed by atoms with E-state index in [1.807, 2.05) is 6.07 Å². The second kappa shape index (κ2) is 3.83. The molecule has 3 rings (SSSR count). The smallest absolute Gasteiger partial charge is 0.326 e. The van der Waals surface area contributed by atoms with Crippen molar-refractivity contribution in [3.05, 3.63) is 23.8 Å². The molecule has 1 aromatic carbocycles. The number of carbonyl (C=O) groups excluding carboxylic acids is 2. The number of amidine groups is 1. The third kappa shape index (κ3) is 1.62. The maximum atomic E-state index is 11.8. The standard InChI is InChI=1S/C12H12N4O2/c1-7(17)14-8-2-3-10-9(6-8)11-13-4-5-16(11)12(18)15-10/h2-3,6H,4-5H2,1H3,(H,14,17)(H,15,18). The molecule has 2 N–H and O–H groups in total. The van der Waals surface area contributed by atoms with Crippen molar-refractivity contribution in [1.82, 2.24) is 4.90 Å². The van der Waals surface area contributed by atoms with Crippen LogP contribution in [-0.2, 0) is 4.79 Å². The number of nitrogens with zero attached hydrogens (tertiary/aromatic N) is 2. The third-order valence-electron chi connectivity index (χ3n) is 2.91. The van der Waals surface area contributed by atoms with Gasteiger partial charge in [-0.3, -0.25) is 14.7 Å². The number of hydrogen-bond donors (Lipinski definition) is 2. The molecule has 0 saturated carbocycles. The monoisotopic (exact) mass is 244 g/mol. The molecule has 0 radical (unpaired) electrons. The van der Waals surface area contributed by atoms with Crippen LogP contribution >= 0.6 is 0 Å². The van der Waals surface area contributed by atoms with Crippen LogP contribution in [0.25, 0.3) is 0 Å². The fourth-order valence-corrected chi connectivity index (χ4v) is 2.18. The minimum atomic E-state index is -0.147. The van der Waals surface area contributed by atoms with Gasteiger partial charge >= 0.3 is 6.03 Å². The van der Waals surface area contributed by atoms with E-state index in [0.29, 0.717) is 24.6 Å². The molecule has 2 aliphatic heterocycles. The average Bonchev–Trinajstić information content (AvgIpc) is 2.79. The number of carbonyl (C=O) groups is 2. The molecule has 6 nitrogen and oxygen atoms in total. The van der Waals surface area contributed by atoms with Gasteiger partial charge in [0.05, 0.1) is 12.2 Å². The van der Waals surface area contributed by atoms with Gasteiger partial charge in [0.1, 0.15) is 5.84 Å². The molecule has 0 bridgehead atoms. The van der Waals surface area contributed by atoms with Gasteiger partial charge in [-0.2, -0.15) is 0 Å². The fourth-order valence-electron chi connectivity index (χ4n) is 2.18. The third-order valence-corrected chi connectivity index (χ3v) is 2.91. The first-order valence-corrected chi connectivity index (χ1v) is 5.70. The topological polar surface area (TPSA) is 73.8 Å². The van der Waals surface area contributed by atoms with Crippen molar-refractivity contribution in [3.63, 3.8) is 0 Å². The van der Waals surface area contributed by atoms with Crippen LogP contribution in [0.15, 0.2) is 23.2 Å². The van der Waals surface area contributed by atoms with E-state index in [1.165, 1.54) is 6.92 Å². The molecular weight excluding hydrogens is 232 g/mol. The van der Waals surface area contributed by atoms with Crippen LogP contribution in [0.5, 0.6) is 0 Å². The molecule has 0 saturated heterocycles. The molecule has 2 aliphatic rings. The quantitative estimate of drug-likeness (QED) is 0.780. The Morgan fingerprint density at radius 1 is 1.50 bits per heavy atom. The molecule has 0 spiro atoms. The van der Waals surface area contributed by atoms with Crippen molar-refractivity contribution in [3.8, 4) is 0 Å². The summed E-state index contributed by atoms with van der Waals surface area (Å²) in [6, 6.07) is 5.21. The maximum Gasteiger partial charge on any atom is 0.327 e. The molecule has 0 atom stereocenters.